The SMILES string of the molecule is CCC1CCCN(c2ccccc2)C1=O. The number of para-hydroxylation sites is 1. The number of amides is 1. The third-order valence-electron chi connectivity index (χ3n) is 3.11. The Balaban J connectivity index is 2.19. The van der Waals surface area contributed by atoms with Crippen LogP contribution >= 0.6 is 0 Å². The molecule has 1 amide bonds. The van der Waals surface area contributed by atoms with Crippen LogP contribution in [0.2, 0.25) is 0 Å². The van der Waals surface area contributed by atoms with Gasteiger partial charge in [0.2, 0.25) is 5.91 Å². The van der Waals surface area contributed by atoms with Crippen LogP contribution in [0.5, 0.6) is 0 Å². The lowest BCUT2D eigenvalue weighted by Gasteiger charge is -2.31. The largest absolute Gasteiger partial charge is 0.312 e. The quantitative estimate of drug-likeness (QED) is 0.723. The summed E-state index contributed by atoms with van der Waals surface area (Å²) < 4.78 is 0. The van der Waals surface area contributed by atoms with Crippen LogP contribution in [0.3, 0.4) is 0 Å². The van der Waals surface area contributed by atoms with Crippen LogP contribution in [0.1, 0.15) is 26.2 Å². The average molecular weight is 203 g/mol. The molecule has 2 heteroatoms. The first kappa shape index (κ1) is 10.2. The van der Waals surface area contributed by atoms with Gasteiger partial charge in [0, 0.05) is 18.2 Å². The minimum atomic E-state index is 0.235. The fraction of sp³-hybridized carbons (Fsp3) is 0.462. The summed E-state index contributed by atoms with van der Waals surface area (Å²) >= 11 is 0. The molecule has 1 aromatic carbocycles. The molecule has 0 saturated carbocycles. The molecule has 1 aromatic rings. The number of anilines is 1. The van der Waals surface area contributed by atoms with E-state index >= 15 is 0 Å². The van der Waals surface area contributed by atoms with Gasteiger partial charge in [-0.3, -0.25) is 4.79 Å². The van der Waals surface area contributed by atoms with Crippen LogP contribution in [-0.2, 0) is 4.79 Å². The molecule has 0 radical (unpaired) electrons. The van der Waals surface area contributed by atoms with E-state index in [4.69, 9.17) is 0 Å². The molecule has 1 aliphatic rings. The maximum Gasteiger partial charge on any atom is 0.230 e. The average Bonchev–Trinajstić information content (AvgIpc) is 2.30. The highest BCUT2D eigenvalue weighted by Gasteiger charge is 2.27. The monoisotopic (exact) mass is 203 g/mol. The third-order valence-corrected chi connectivity index (χ3v) is 3.11. The molecule has 1 atom stereocenters. The Bertz CT molecular complexity index is 334. The molecule has 0 bridgehead atoms. The van der Waals surface area contributed by atoms with E-state index < -0.39 is 0 Å². The number of benzene rings is 1. The number of piperidine rings is 1. The third kappa shape index (κ3) is 2.04. The van der Waals surface area contributed by atoms with Crippen LogP contribution in [0.4, 0.5) is 5.69 Å². The van der Waals surface area contributed by atoms with E-state index in [1.165, 1.54) is 0 Å². The lowest BCUT2D eigenvalue weighted by molar-refractivity contribution is -0.123. The minimum Gasteiger partial charge on any atom is -0.312 e. The molecule has 0 spiro atoms. The van der Waals surface area contributed by atoms with Gasteiger partial charge >= 0.3 is 0 Å². The second-order valence-electron chi connectivity index (χ2n) is 4.07. The highest BCUT2D eigenvalue weighted by molar-refractivity contribution is 5.95. The predicted molar refractivity (Wildman–Crippen MR) is 61.8 cm³/mol. The molecular weight excluding hydrogens is 186 g/mol. The Morgan fingerprint density at radius 3 is 2.73 bits per heavy atom. The van der Waals surface area contributed by atoms with Gasteiger partial charge in [-0.15, -0.1) is 0 Å². The summed E-state index contributed by atoms with van der Waals surface area (Å²) in [6.45, 7) is 2.97. The number of carbonyl (C=O) groups is 1. The molecule has 80 valence electrons. The fourth-order valence-corrected chi connectivity index (χ4v) is 2.19. The van der Waals surface area contributed by atoms with Crippen molar-refractivity contribution in [2.45, 2.75) is 26.2 Å². The summed E-state index contributed by atoms with van der Waals surface area (Å²) in [6, 6.07) is 9.97. The van der Waals surface area contributed by atoms with Crippen molar-refractivity contribution in [1.82, 2.24) is 0 Å². The molecule has 1 aliphatic heterocycles. The van der Waals surface area contributed by atoms with E-state index in [2.05, 4.69) is 6.92 Å². The Kier molecular flexibility index (Phi) is 3.05. The van der Waals surface area contributed by atoms with E-state index in [0.29, 0.717) is 5.91 Å². The Labute approximate surface area is 90.9 Å². The smallest absolute Gasteiger partial charge is 0.230 e. The standard InChI is InChI=1S/C13H17NO/c1-2-11-7-6-10-14(13(11)15)12-8-4-3-5-9-12/h3-5,8-9,11H,2,6-7,10H2,1H3. The summed E-state index contributed by atoms with van der Waals surface area (Å²) in [5, 5.41) is 0. The molecule has 2 rings (SSSR count). The van der Waals surface area contributed by atoms with Gasteiger partial charge in [-0.25, -0.2) is 0 Å². The van der Waals surface area contributed by atoms with Gasteiger partial charge in [0.25, 0.3) is 0 Å². The molecular formula is C13H17NO. The second kappa shape index (κ2) is 4.47. The van der Waals surface area contributed by atoms with Gasteiger partial charge in [-0.05, 0) is 31.4 Å². The molecule has 1 saturated heterocycles. The highest BCUT2D eigenvalue weighted by atomic mass is 16.2. The molecule has 2 nitrogen and oxygen atoms in total. The molecule has 15 heavy (non-hydrogen) atoms. The summed E-state index contributed by atoms with van der Waals surface area (Å²) in [7, 11) is 0. The van der Waals surface area contributed by atoms with Gasteiger partial charge in [0.1, 0.15) is 0 Å². The van der Waals surface area contributed by atoms with Crippen LogP contribution in [-0.4, -0.2) is 12.5 Å². The van der Waals surface area contributed by atoms with Crippen molar-refractivity contribution in [2.75, 3.05) is 11.4 Å². The van der Waals surface area contributed by atoms with E-state index in [1.54, 1.807) is 0 Å². The number of rotatable bonds is 2. The number of carbonyl (C=O) groups excluding carboxylic acids is 1. The Hall–Kier alpha value is -1.31. The van der Waals surface area contributed by atoms with Crippen LogP contribution in [0, 0.1) is 5.92 Å². The van der Waals surface area contributed by atoms with Gasteiger partial charge in [0.05, 0.1) is 0 Å². The van der Waals surface area contributed by atoms with Crippen molar-refractivity contribution in [3.8, 4) is 0 Å². The highest BCUT2D eigenvalue weighted by Crippen LogP contribution is 2.25. The lowest BCUT2D eigenvalue weighted by atomic mass is 9.94. The molecule has 1 heterocycles. The fourth-order valence-electron chi connectivity index (χ4n) is 2.19. The molecule has 0 aromatic heterocycles. The van der Waals surface area contributed by atoms with Crippen LogP contribution in [0.25, 0.3) is 0 Å². The van der Waals surface area contributed by atoms with E-state index in [9.17, 15) is 4.79 Å². The molecule has 1 unspecified atom stereocenters. The van der Waals surface area contributed by atoms with Crippen molar-refractivity contribution in [1.29, 1.82) is 0 Å². The van der Waals surface area contributed by atoms with Gasteiger partial charge in [-0.2, -0.15) is 0 Å². The van der Waals surface area contributed by atoms with Crippen LogP contribution in [0.15, 0.2) is 30.3 Å². The summed E-state index contributed by atoms with van der Waals surface area (Å²) in [6.07, 6.45) is 3.14. The minimum absolute atomic E-state index is 0.235. The van der Waals surface area contributed by atoms with Crippen molar-refractivity contribution < 1.29 is 4.79 Å². The Morgan fingerprint density at radius 1 is 1.33 bits per heavy atom. The van der Waals surface area contributed by atoms with Gasteiger partial charge < -0.3 is 4.90 Å². The zero-order valence-corrected chi connectivity index (χ0v) is 9.15. The zero-order valence-electron chi connectivity index (χ0n) is 9.15. The van der Waals surface area contributed by atoms with E-state index in [0.717, 1.165) is 31.5 Å². The topological polar surface area (TPSA) is 20.3 Å². The Morgan fingerprint density at radius 2 is 2.07 bits per heavy atom. The second-order valence-corrected chi connectivity index (χ2v) is 4.07. The maximum atomic E-state index is 12.1. The zero-order chi connectivity index (χ0) is 10.7. The van der Waals surface area contributed by atoms with Crippen LogP contribution < -0.4 is 4.90 Å². The first-order valence-corrected chi connectivity index (χ1v) is 5.69. The van der Waals surface area contributed by atoms with Crippen molar-refractivity contribution in [3.05, 3.63) is 30.3 Å². The molecule has 1 fully saturated rings. The van der Waals surface area contributed by atoms with E-state index in [-0.39, 0.29) is 5.92 Å². The molecule has 0 N–H and O–H groups in total. The number of hydrogen-bond donors (Lipinski definition) is 0. The van der Waals surface area contributed by atoms with E-state index in [1.807, 2.05) is 35.2 Å². The first-order valence-electron chi connectivity index (χ1n) is 5.69. The molecule has 0 aliphatic carbocycles. The van der Waals surface area contributed by atoms with Gasteiger partial charge in [0.15, 0.2) is 0 Å². The number of nitrogens with zero attached hydrogens (tertiary/aromatic N) is 1. The lowest BCUT2D eigenvalue weighted by Crippen LogP contribution is -2.41. The maximum absolute atomic E-state index is 12.1. The van der Waals surface area contributed by atoms with Crippen molar-refractivity contribution >= 4 is 11.6 Å². The van der Waals surface area contributed by atoms with Gasteiger partial charge in [-0.1, -0.05) is 25.1 Å². The van der Waals surface area contributed by atoms with Crippen molar-refractivity contribution in [2.24, 2.45) is 5.92 Å². The summed E-state index contributed by atoms with van der Waals surface area (Å²) in [5.41, 5.74) is 1.04. The summed E-state index contributed by atoms with van der Waals surface area (Å²) in [4.78, 5) is 14.0. The first-order chi connectivity index (χ1) is 7.33. The number of hydrogen-bond acceptors (Lipinski definition) is 1. The van der Waals surface area contributed by atoms with Crippen molar-refractivity contribution in [3.63, 3.8) is 0 Å². The summed E-state index contributed by atoms with van der Waals surface area (Å²) in [5.74, 6) is 0.536. The normalized spacial score (nSPS) is 21.8. The predicted octanol–water partition coefficient (Wildman–Crippen LogP) is 2.84.